The van der Waals surface area contributed by atoms with E-state index in [1.165, 1.54) is 0 Å². The van der Waals surface area contributed by atoms with Gasteiger partial charge < -0.3 is 15.8 Å². The van der Waals surface area contributed by atoms with Gasteiger partial charge in [0, 0.05) is 17.9 Å². The maximum atomic E-state index is 12.3. The molecule has 20 heavy (non-hydrogen) atoms. The SMILES string of the molecule is Cc1ccc(NC(=O)C2(C)CCCO2)cc1C#CCN. The van der Waals surface area contributed by atoms with Gasteiger partial charge in [-0.1, -0.05) is 17.9 Å². The zero-order chi connectivity index (χ0) is 14.6. The zero-order valence-corrected chi connectivity index (χ0v) is 12.0. The van der Waals surface area contributed by atoms with Crippen LogP contribution in [0.5, 0.6) is 0 Å². The molecular weight excluding hydrogens is 252 g/mol. The third-order valence-electron chi connectivity index (χ3n) is 3.52. The molecule has 3 N–H and O–H groups in total. The van der Waals surface area contributed by atoms with Gasteiger partial charge in [0.2, 0.25) is 0 Å². The van der Waals surface area contributed by atoms with Crippen molar-refractivity contribution in [2.75, 3.05) is 18.5 Å². The number of carbonyl (C=O) groups excluding carboxylic acids is 1. The molecule has 4 nitrogen and oxygen atoms in total. The summed E-state index contributed by atoms with van der Waals surface area (Å²) in [5, 5.41) is 2.91. The molecular formula is C16H20N2O2. The highest BCUT2D eigenvalue weighted by atomic mass is 16.5. The van der Waals surface area contributed by atoms with Gasteiger partial charge in [0.05, 0.1) is 6.54 Å². The predicted molar refractivity (Wildman–Crippen MR) is 79.3 cm³/mol. The summed E-state index contributed by atoms with van der Waals surface area (Å²) in [6.07, 6.45) is 1.68. The monoisotopic (exact) mass is 272 g/mol. The highest BCUT2D eigenvalue weighted by Gasteiger charge is 2.37. The van der Waals surface area contributed by atoms with Crippen molar-refractivity contribution in [1.82, 2.24) is 0 Å². The topological polar surface area (TPSA) is 64.3 Å². The maximum Gasteiger partial charge on any atom is 0.256 e. The number of rotatable bonds is 2. The molecule has 4 heteroatoms. The van der Waals surface area contributed by atoms with Gasteiger partial charge in [-0.05, 0) is 44.4 Å². The van der Waals surface area contributed by atoms with Gasteiger partial charge in [0.15, 0.2) is 0 Å². The van der Waals surface area contributed by atoms with Crippen molar-refractivity contribution in [2.45, 2.75) is 32.3 Å². The second kappa shape index (κ2) is 6.08. The molecule has 1 aromatic carbocycles. The second-order valence-corrected chi connectivity index (χ2v) is 5.17. The highest BCUT2D eigenvalue weighted by Crippen LogP contribution is 2.27. The molecule has 1 aromatic rings. The van der Waals surface area contributed by atoms with Crippen molar-refractivity contribution in [1.29, 1.82) is 0 Å². The predicted octanol–water partition coefficient (Wildman–Crippen LogP) is 1.81. The van der Waals surface area contributed by atoms with Crippen LogP contribution >= 0.6 is 0 Å². The Balaban J connectivity index is 2.15. The van der Waals surface area contributed by atoms with Crippen LogP contribution in [0.4, 0.5) is 5.69 Å². The van der Waals surface area contributed by atoms with Gasteiger partial charge in [-0.3, -0.25) is 4.79 Å². The average molecular weight is 272 g/mol. The fourth-order valence-corrected chi connectivity index (χ4v) is 2.20. The van der Waals surface area contributed by atoms with E-state index < -0.39 is 5.60 Å². The highest BCUT2D eigenvalue weighted by molar-refractivity contribution is 5.97. The molecule has 1 saturated heterocycles. The third-order valence-corrected chi connectivity index (χ3v) is 3.52. The Labute approximate surface area is 119 Å². The number of carbonyl (C=O) groups is 1. The van der Waals surface area contributed by atoms with Gasteiger partial charge in [-0.2, -0.15) is 0 Å². The number of hydrogen-bond donors (Lipinski definition) is 2. The summed E-state index contributed by atoms with van der Waals surface area (Å²) in [6, 6.07) is 5.68. The van der Waals surface area contributed by atoms with Gasteiger partial charge in [0.25, 0.3) is 5.91 Å². The molecule has 1 amide bonds. The van der Waals surface area contributed by atoms with E-state index in [0.29, 0.717) is 13.2 Å². The molecule has 0 aromatic heterocycles. The number of nitrogens with two attached hydrogens (primary N) is 1. The second-order valence-electron chi connectivity index (χ2n) is 5.17. The standard InChI is InChI=1S/C16H20N2O2/c1-12-6-7-14(11-13(12)5-3-9-17)18-15(19)16(2)8-4-10-20-16/h6-7,11H,4,8-10,17H2,1-2H3,(H,18,19). The number of benzene rings is 1. The Morgan fingerprint density at radius 2 is 2.35 bits per heavy atom. The summed E-state index contributed by atoms with van der Waals surface area (Å²) in [5.74, 6) is 5.74. The molecule has 1 atom stereocenters. The minimum atomic E-state index is -0.714. The first-order valence-corrected chi connectivity index (χ1v) is 6.80. The minimum absolute atomic E-state index is 0.100. The molecule has 0 spiro atoms. The van der Waals surface area contributed by atoms with Crippen LogP contribution in [0.3, 0.4) is 0 Å². The Kier molecular flexibility index (Phi) is 4.43. The van der Waals surface area contributed by atoms with E-state index in [4.69, 9.17) is 10.5 Å². The Morgan fingerprint density at radius 3 is 3.00 bits per heavy atom. The largest absolute Gasteiger partial charge is 0.365 e. The van der Waals surface area contributed by atoms with Crippen molar-refractivity contribution in [3.63, 3.8) is 0 Å². The van der Waals surface area contributed by atoms with Gasteiger partial charge in [-0.15, -0.1) is 0 Å². The Morgan fingerprint density at radius 1 is 1.55 bits per heavy atom. The number of hydrogen-bond acceptors (Lipinski definition) is 3. The lowest BCUT2D eigenvalue weighted by molar-refractivity contribution is -0.133. The fourth-order valence-electron chi connectivity index (χ4n) is 2.20. The molecule has 1 unspecified atom stereocenters. The molecule has 0 aliphatic carbocycles. The molecule has 0 radical (unpaired) electrons. The number of anilines is 1. The van der Waals surface area contributed by atoms with E-state index in [2.05, 4.69) is 17.2 Å². The van der Waals surface area contributed by atoms with E-state index in [1.54, 1.807) is 0 Å². The molecule has 1 aliphatic rings. The summed E-state index contributed by atoms with van der Waals surface area (Å²) >= 11 is 0. The molecule has 1 aliphatic heterocycles. The van der Waals surface area contributed by atoms with Crippen molar-refractivity contribution < 1.29 is 9.53 Å². The van der Waals surface area contributed by atoms with Crippen molar-refractivity contribution in [2.24, 2.45) is 5.73 Å². The first-order valence-electron chi connectivity index (χ1n) is 6.80. The number of amides is 1. The number of nitrogens with one attached hydrogen (secondary N) is 1. The maximum absolute atomic E-state index is 12.3. The van der Waals surface area contributed by atoms with Crippen molar-refractivity contribution in [3.05, 3.63) is 29.3 Å². The lowest BCUT2D eigenvalue weighted by atomic mass is 10.0. The number of aryl methyl sites for hydroxylation is 1. The van der Waals surface area contributed by atoms with E-state index >= 15 is 0 Å². The van der Waals surface area contributed by atoms with E-state index in [0.717, 1.165) is 29.7 Å². The van der Waals surface area contributed by atoms with Crippen LogP contribution in [0, 0.1) is 18.8 Å². The van der Waals surface area contributed by atoms with Crippen LogP contribution in [0.25, 0.3) is 0 Å². The average Bonchev–Trinajstić information content (AvgIpc) is 2.87. The van der Waals surface area contributed by atoms with Crippen LogP contribution < -0.4 is 11.1 Å². The first-order chi connectivity index (χ1) is 9.55. The van der Waals surface area contributed by atoms with Crippen LogP contribution in [0.1, 0.15) is 30.9 Å². The minimum Gasteiger partial charge on any atom is -0.365 e. The normalized spacial score (nSPS) is 21.1. The first kappa shape index (κ1) is 14.6. The van der Waals surface area contributed by atoms with Crippen LogP contribution in [0.15, 0.2) is 18.2 Å². The molecule has 106 valence electrons. The van der Waals surface area contributed by atoms with Crippen LogP contribution in [-0.4, -0.2) is 24.7 Å². The van der Waals surface area contributed by atoms with Crippen LogP contribution in [0.2, 0.25) is 0 Å². The fraction of sp³-hybridized carbons (Fsp3) is 0.438. The van der Waals surface area contributed by atoms with E-state index in [9.17, 15) is 4.79 Å². The number of ether oxygens (including phenoxy) is 1. The zero-order valence-electron chi connectivity index (χ0n) is 12.0. The van der Waals surface area contributed by atoms with Gasteiger partial charge >= 0.3 is 0 Å². The van der Waals surface area contributed by atoms with Gasteiger partial charge in [0.1, 0.15) is 5.60 Å². The molecule has 0 bridgehead atoms. The Hall–Kier alpha value is -1.83. The van der Waals surface area contributed by atoms with Crippen molar-refractivity contribution >= 4 is 11.6 Å². The quantitative estimate of drug-likeness (QED) is 0.807. The molecule has 1 heterocycles. The summed E-state index contributed by atoms with van der Waals surface area (Å²) < 4.78 is 5.54. The summed E-state index contributed by atoms with van der Waals surface area (Å²) in [5.41, 5.74) is 7.35. The van der Waals surface area contributed by atoms with E-state index in [-0.39, 0.29) is 5.91 Å². The third kappa shape index (κ3) is 3.19. The summed E-state index contributed by atoms with van der Waals surface area (Å²) in [6.45, 7) is 4.78. The van der Waals surface area contributed by atoms with Gasteiger partial charge in [-0.25, -0.2) is 0 Å². The molecule has 2 rings (SSSR count). The smallest absolute Gasteiger partial charge is 0.256 e. The lowest BCUT2D eigenvalue weighted by Gasteiger charge is -2.22. The summed E-state index contributed by atoms with van der Waals surface area (Å²) in [4.78, 5) is 12.3. The lowest BCUT2D eigenvalue weighted by Crippen LogP contribution is -2.39. The Bertz CT molecular complexity index is 564. The van der Waals surface area contributed by atoms with Crippen LogP contribution in [-0.2, 0) is 9.53 Å². The summed E-state index contributed by atoms with van der Waals surface area (Å²) in [7, 11) is 0. The van der Waals surface area contributed by atoms with Crippen molar-refractivity contribution in [3.8, 4) is 11.8 Å². The molecule has 1 fully saturated rings. The van der Waals surface area contributed by atoms with E-state index in [1.807, 2.05) is 32.0 Å². The molecule has 0 saturated carbocycles.